The fraction of sp³-hybridized carbons (Fsp3) is 0.778. The molecule has 0 radical (unpaired) electrons. The van der Waals surface area contributed by atoms with Crippen molar-refractivity contribution in [2.45, 2.75) is 64.6 Å². The van der Waals surface area contributed by atoms with Crippen LogP contribution >= 0.6 is 21.1 Å². The Morgan fingerprint density at radius 2 is 1.57 bits per heavy atom. The second-order valence-electron chi connectivity index (χ2n) is 8.05. The molecule has 5 atom stereocenters. The van der Waals surface area contributed by atoms with Gasteiger partial charge < -0.3 is 12.6 Å². The standard InChI is InChI=1S/C18H28IN3O5S/c1-11-7-21(8-12(2)25-11)15-5-6-16(17-18(15)20-27-19-17)28(23,24)22-9-13(3)26-14(4)10-22/h6,11-15H,5,7-10H2,1-4H3. The van der Waals surface area contributed by atoms with Gasteiger partial charge in [-0.25, -0.2) is 8.42 Å². The van der Waals surface area contributed by atoms with Gasteiger partial charge in [-0.15, -0.1) is 0 Å². The maximum Gasteiger partial charge on any atom is 0.244 e. The van der Waals surface area contributed by atoms with Gasteiger partial charge in [-0.3, -0.25) is 4.90 Å². The van der Waals surface area contributed by atoms with Crippen molar-refractivity contribution in [2.75, 3.05) is 26.2 Å². The Labute approximate surface area is 177 Å². The zero-order chi connectivity index (χ0) is 20.1. The average molecular weight is 525 g/mol. The molecule has 3 aliphatic heterocycles. The van der Waals surface area contributed by atoms with E-state index in [1.807, 2.05) is 19.9 Å². The summed E-state index contributed by atoms with van der Waals surface area (Å²) in [7, 11) is -3.58. The predicted octanol–water partition coefficient (Wildman–Crippen LogP) is 1.64. The number of oxime groups is 1. The Hall–Kier alpha value is -0.400. The maximum atomic E-state index is 13.4. The molecular formula is C18H28IN3O5S. The summed E-state index contributed by atoms with van der Waals surface area (Å²) in [5.41, 5.74) is 0.810. The molecule has 3 heterocycles. The summed E-state index contributed by atoms with van der Waals surface area (Å²) < 4.78 is 46.2. The van der Waals surface area contributed by atoms with Crippen LogP contribution in [0.1, 0.15) is 34.1 Å². The topological polar surface area (TPSA) is 80.7 Å². The van der Waals surface area contributed by atoms with E-state index in [0.29, 0.717) is 24.4 Å². The largest absolute Gasteiger partial charge is 0.373 e. The number of hydrogen-bond acceptors (Lipinski definition) is 7. The minimum Gasteiger partial charge on any atom is -0.373 e. The van der Waals surface area contributed by atoms with E-state index in [2.05, 4.69) is 23.9 Å². The highest BCUT2D eigenvalue weighted by atomic mass is 127. The molecular weight excluding hydrogens is 497 g/mol. The first-order valence-corrected chi connectivity index (χ1v) is 13.2. The third-order valence-electron chi connectivity index (χ3n) is 5.42. The molecule has 0 saturated carbocycles. The van der Waals surface area contributed by atoms with Gasteiger partial charge in [0.2, 0.25) is 10.0 Å². The molecule has 0 aromatic rings. The molecule has 28 heavy (non-hydrogen) atoms. The molecule has 2 fully saturated rings. The molecule has 8 nitrogen and oxygen atoms in total. The summed E-state index contributed by atoms with van der Waals surface area (Å²) in [6.45, 7) is 10.4. The molecule has 0 spiro atoms. The number of fused-ring (bicyclic) bond motifs is 1. The number of rotatable bonds is 3. The van der Waals surface area contributed by atoms with Crippen LogP contribution in [-0.2, 0) is 22.7 Å². The Morgan fingerprint density at radius 3 is 2.18 bits per heavy atom. The van der Waals surface area contributed by atoms with Gasteiger partial charge in [0.1, 0.15) is 5.71 Å². The third-order valence-corrected chi connectivity index (χ3v) is 9.66. The average Bonchev–Trinajstić information content (AvgIpc) is 3.08. The van der Waals surface area contributed by atoms with E-state index < -0.39 is 31.2 Å². The van der Waals surface area contributed by atoms with Gasteiger partial charge in [-0.2, -0.15) is 4.31 Å². The molecule has 0 aromatic carbocycles. The van der Waals surface area contributed by atoms with Crippen LogP contribution in [0.4, 0.5) is 0 Å². The van der Waals surface area contributed by atoms with Crippen molar-refractivity contribution in [3.8, 4) is 0 Å². The quantitative estimate of drug-likeness (QED) is 0.522. The summed E-state index contributed by atoms with van der Waals surface area (Å²) in [4.78, 5) is 2.76. The van der Waals surface area contributed by atoms with Crippen molar-refractivity contribution < 1.29 is 21.1 Å². The van der Waals surface area contributed by atoms with Gasteiger partial charge in [-0.1, -0.05) is 11.2 Å². The maximum absolute atomic E-state index is 13.4. The summed E-state index contributed by atoms with van der Waals surface area (Å²) in [5.74, 6) is 0. The second-order valence-corrected chi connectivity index (χ2v) is 11.9. The molecule has 4 aliphatic rings. The lowest BCUT2D eigenvalue weighted by atomic mass is 9.96. The van der Waals surface area contributed by atoms with E-state index in [0.717, 1.165) is 22.3 Å². The SMILES string of the molecule is CC1CN(C2CC=C(S(=O)(=O)N3CC(C)OC(C)C3)C3=ION=C32)CC(C)O1. The normalized spacial score (nSPS) is 37.9. The number of sulfonamides is 1. The minimum atomic E-state index is -3.58. The first-order valence-electron chi connectivity index (χ1n) is 9.77. The van der Waals surface area contributed by atoms with Gasteiger partial charge >= 0.3 is 0 Å². The highest BCUT2D eigenvalue weighted by Crippen LogP contribution is 2.34. The summed E-state index contributed by atoms with van der Waals surface area (Å²) in [6, 6.07) is 0.0625. The first-order chi connectivity index (χ1) is 13.3. The van der Waals surface area contributed by atoms with Crippen LogP contribution < -0.4 is 0 Å². The molecule has 4 rings (SSSR count). The molecule has 0 amide bonds. The van der Waals surface area contributed by atoms with Gasteiger partial charge in [0, 0.05) is 26.2 Å². The van der Waals surface area contributed by atoms with Crippen LogP contribution in [0.2, 0.25) is 0 Å². The zero-order valence-corrected chi connectivity index (χ0v) is 19.6. The number of morpholine rings is 2. The molecule has 10 heteroatoms. The Balaban J connectivity index is 1.60. The predicted molar refractivity (Wildman–Crippen MR) is 116 cm³/mol. The lowest BCUT2D eigenvalue weighted by Crippen LogP contribution is -2.55. The van der Waals surface area contributed by atoms with E-state index >= 15 is 0 Å². The molecule has 0 aromatic heterocycles. The lowest BCUT2D eigenvalue weighted by molar-refractivity contribution is -0.0730. The summed E-state index contributed by atoms with van der Waals surface area (Å²) >= 11 is -0.893. The highest BCUT2D eigenvalue weighted by Gasteiger charge is 2.43. The summed E-state index contributed by atoms with van der Waals surface area (Å²) in [6.07, 6.45) is 2.58. The van der Waals surface area contributed by atoms with Crippen molar-refractivity contribution >= 4 is 40.4 Å². The van der Waals surface area contributed by atoms with Crippen molar-refractivity contribution in [3.05, 3.63) is 11.0 Å². The molecule has 1 aliphatic carbocycles. The lowest BCUT2D eigenvalue weighted by Gasteiger charge is -2.41. The Bertz CT molecular complexity index is 807. The number of ether oxygens (including phenoxy) is 2. The van der Waals surface area contributed by atoms with Crippen LogP contribution in [0, 0.1) is 0 Å². The van der Waals surface area contributed by atoms with Gasteiger partial charge in [0.15, 0.2) is 21.1 Å². The minimum absolute atomic E-state index is 0.0625. The fourth-order valence-corrected chi connectivity index (χ4v) is 8.84. The first kappa shape index (κ1) is 20.9. The van der Waals surface area contributed by atoms with Crippen molar-refractivity contribution in [2.24, 2.45) is 5.16 Å². The van der Waals surface area contributed by atoms with E-state index in [1.54, 1.807) is 4.31 Å². The van der Waals surface area contributed by atoms with Gasteiger partial charge in [0.25, 0.3) is 0 Å². The van der Waals surface area contributed by atoms with E-state index in [4.69, 9.17) is 12.6 Å². The van der Waals surface area contributed by atoms with Crippen LogP contribution in [-0.4, -0.2) is 83.5 Å². The van der Waals surface area contributed by atoms with Gasteiger partial charge in [-0.05, 0) is 34.1 Å². The second kappa shape index (κ2) is 8.03. The van der Waals surface area contributed by atoms with Gasteiger partial charge in [0.05, 0.1) is 38.9 Å². The number of hydrogen-bond donors (Lipinski definition) is 0. The van der Waals surface area contributed by atoms with Crippen molar-refractivity contribution in [1.82, 2.24) is 9.21 Å². The molecule has 0 bridgehead atoms. The summed E-state index contributed by atoms with van der Waals surface area (Å²) in [5, 5.41) is 4.30. The Morgan fingerprint density at radius 1 is 1.00 bits per heavy atom. The van der Waals surface area contributed by atoms with E-state index in [1.165, 1.54) is 0 Å². The monoisotopic (exact) mass is 525 g/mol. The third kappa shape index (κ3) is 3.95. The fourth-order valence-electron chi connectivity index (χ4n) is 4.44. The molecule has 2 saturated heterocycles. The van der Waals surface area contributed by atoms with Crippen LogP contribution in [0.5, 0.6) is 0 Å². The Kier molecular flexibility index (Phi) is 5.98. The van der Waals surface area contributed by atoms with Crippen LogP contribution in [0.25, 0.3) is 0 Å². The van der Waals surface area contributed by atoms with Crippen LogP contribution in [0.3, 0.4) is 0 Å². The molecule has 5 unspecified atom stereocenters. The zero-order valence-electron chi connectivity index (χ0n) is 16.7. The van der Waals surface area contributed by atoms with E-state index in [-0.39, 0.29) is 30.5 Å². The number of nitrogens with zero attached hydrogens (tertiary/aromatic N) is 3. The van der Waals surface area contributed by atoms with E-state index in [9.17, 15) is 8.42 Å². The van der Waals surface area contributed by atoms with Crippen molar-refractivity contribution in [1.29, 1.82) is 0 Å². The number of allylic oxidation sites excluding steroid dienone is 1. The van der Waals surface area contributed by atoms with Crippen LogP contribution in [0.15, 0.2) is 16.1 Å². The number of halogens is 1. The molecule has 0 N–H and O–H groups in total. The smallest absolute Gasteiger partial charge is 0.244 e. The highest BCUT2D eigenvalue weighted by molar-refractivity contribution is 14.2. The van der Waals surface area contributed by atoms with Crippen molar-refractivity contribution in [3.63, 3.8) is 0 Å². The molecule has 158 valence electrons.